The average Bonchev–Trinajstić information content (AvgIpc) is 1.96. The van der Waals surface area contributed by atoms with Crippen LogP contribution < -0.4 is 0 Å². The summed E-state index contributed by atoms with van der Waals surface area (Å²) in [5, 5.41) is 0. The lowest BCUT2D eigenvalue weighted by molar-refractivity contribution is 0.423. The van der Waals surface area contributed by atoms with Crippen molar-refractivity contribution < 1.29 is 13.0 Å². The Morgan fingerprint density at radius 1 is 1.67 bits per heavy atom. The van der Waals surface area contributed by atoms with E-state index in [2.05, 4.69) is 0 Å². The van der Waals surface area contributed by atoms with Gasteiger partial charge in [0, 0.05) is 6.54 Å². The third-order valence-corrected chi connectivity index (χ3v) is 3.53. The molecule has 72 valence electrons. The molecule has 0 aromatic rings. The van der Waals surface area contributed by atoms with Crippen LogP contribution in [0, 0.1) is 0 Å². The fraction of sp³-hybridized carbons (Fsp3) is 0.800. The Kier molecular flexibility index (Phi) is 5.07. The van der Waals surface area contributed by atoms with Gasteiger partial charge in [0.15, 0.2) is 4.32 Å². The molecule has 0 saturated heterocycles. The Bertz CT molecular complexity index is 249. The quantitative estimate of drug-likeness (QED) is 0.581. The fourth-order valence-electron chi connectivity index (χ4n) is 0.606. The molecule has 0 fully saturated rings. The van der Waals surface area contributed by atoms with Crippen LogP contribution in [0.5, 0.6) is 0 Å². The predicted octanol–water partition coefficient (Wildman–Crippen LogP) is 1.15. The Morgan fingerprint density at radius 2 is 2.17 bits per heavy atom. The van der Waals surface area contributed by atoms with E-state index in [1.165, 1.54) is 0 Å². The lowest BCUT2D eigenvalue weighted by atomic mass is 10.5. The largest absolute Gasteiger partial charge is 0.361 e. The van der Waals surface area contributed by atoms with Gasteiger partial charge in [-0.15, -0.1) is 0 Å². The van der Waals surface area contributed by atoms with Crippen LogP contribution in [0.3, 0.4) is 0 Å². The topological polar surface area (TPSA) is 57.6 Å². The maximum atomic E-state index is 10.7. The fourth-order valence-corrected chi connectivity index (χ4v) is 2.38. The van der Waals surface area contributed by atoms with Crippen molar-refractivity contribution in [1.82, 2.24) is 4.31 Å². The highest BCUT2D eigenvalue weighted by atomic mass is 32.2. The number of hydrogen-bond donors (Lipinski definition) is 1. The second kappa shape index (κ2) is 5.00. The molecule has 0 aliphatic carbocycles. The van der Waals surface area contributed by atoms with Crippen LogP contribution in [-0.2, 0) is 10.3 Å². The van der Waals surface area contributed by atoms with E-state index in [-0.39, 0.29) is 10.9 Å². The highest BCUT2D eigenvalue weighted by Crippen LogP contribution is 2.09. The summed E-state index contributed by atoms with van der Waals surface area (Å²) in [6.45, 7) is 2.03. The minimum atomic E-state index is -4.17. The summed E-state index contributed by atoms with van der Waals surface area (Å²) in [7, 11) is -4.17. The van der Waals surface area contributed by atoms with Crippen LogP contribution in [0.1, 0.15) is 13.3 Å². The Morgan fingerprint density at radius 3 is 2.42 bits per heavy atom. The molecular weight excluding hydrogens is 218 g/mol. The van der Waals surface area contributed by atoms with Gasteiger partial charge in [-0.2, -0.15) is 8.42 Å². The molecule has 0 aromatic heterocycles. The summed E-state index contributed by atoms with van der Waals surface area (Å²) in [6.07, 6.45) is 2.27. The highest BCUT2D eigenvalue weighted by molar-refractivity contribution is 8.23. The third-order valence-electron chi connectivity index (χ3n) is 1.08. The van der Waals surface area contributed by atoms with Crippen LogP contribution in [0.25, 0.3) is 0 Å². The van der Waals surface area contributed by atoms with E-state index < -0.39 is 10.3 Å². The van der Waals surface area contributed by atoms with Crippen molar-refractivity contribution in [3.05, 3.63) is 0 Å². The molecule has 0 radical (unpaired) electrons. The standard InChI is InChI=1S/C5H11NO3S3/c1-3-4-6(5(10)11-2)12(7,8)9/h3-4H2,1-2H3,(H,7,8,9). The van der Waals surface area contributed by atoms with Crippen LogP contribution in [0.2, 0.25) is 0 Å². The van der Waals surface area contributed by atoms with Gasteiger partial charge in [-0.25, -0.2) is 4.31 Å². The molecule has 4 nitrogen and oxygen atoms in total. The van der Waals surface area contributed by atoms with Gasteiger partial charge in [0.2, 0.25) is 0 Å². The van der Waals surface area contributed by atoms with Crippen molar-refractivity contribution >= 4 is 38.6 Å². The summed E-state index contributed by atoms with van der Waals surface area (Å²) < 4.78 is 31.1. The van der Waals surface area contributed by atoms with Gasteiger partial charge >= 0.3 is 10.3 Å². The van der Waals surface area contributed by atoms with Crippen molar-refractivity contribution in [1.29, 1.82) is 0 Å². The Hall–Kier alpha value is 0.150. The lowest BCUT2D eigenvalue weighted by Crippen LogP contribution is -2.34. The summed E-state index contributed by atoms with van der Waals surface area (Å²) in [5.74, 6) is 0. The number of rotatable bonds is 3. The first kappa shape index (κ1) is 12.2. The summed E-state index contributed by atoms with van der Waals surface area (Å²) in [4.78, 5) is 0. The predicted molar refractivity (Wildman–Crippen MR) is 54.7 cm³/mol. The SMILES string of the molecule is CCCN(C(=S)SC)S(=O)(=O)O. The van der Waals surface area contributed by atoms with Crippen LogP contribution in [-0.4, -0.2) is 34.4 Å². The van der Waals surface area contributed by atoms with Crippen molar-refractivity contribution in [3.63, 3.8) is 0 Å². The van der Waals surface area contributed by atoms with E-state index in [0.29, 0.717) is 6.42 Å². The van der Waals surface area contributed by atoms with Gasteiger partial charge < -0.3 is 0 Å². The minimum absolute atomic E-state index is 0.166. The van der Waals surface area contributed by atoms with Gasteiger partial charge in [-0.05, 0) is 12.7 Å². The molecule has 1 N–H and O–H groups in total. The van der Waals surface area contributed by atoms with Gasteiger partial charge in [-0.1, -0.05) is 30.9 Å². The van der Waals surface area contributed by atoms with Gasteiger partial charge in [-0.3, -0.25) is 4.55 Å². The first-order chi connectivity index (χ1) is 5.43. The summed E-state index contributed by atoms with van der Waals surface area (Å²) in [6, 6.07) is 0. The molecule has 0 aliphatic rings. The van der Waals surface area contributed by atoms with E-state index in [1.54, 1.807) is 13.2 Å². The second-order valence-corrected chi connectivity index (χ2v) is 4.80. The Labute approximate surface area is 82.2 Å². The molecule has 0 heterocycles. The van der Waals surface area contributed by atoms with Crippen LogP contribution in [0.15, 0.2) is 0 Å². The maximum Gasteiger partial charge on any atom is 0.361 e. The van der Waals surface area contributed by atoms with E-state index in [9.17, 15) is 8.42 Å². The van der Waals surface area contributed by atoms with Crippen molar-refractivity contribution in [2.45, 2.75) is 13.3 Å². The smallest absolute Gasteiger partial charge is 0.269 e. The van der Waals surface area contributed by atoms with Crippen molar-refractivity contribution in [3.8, 4) is 0 Å². The number of nitrogens with zero attached hydrogens (tertiary/aromatic N) is 1. The maximum absolute atomic E-state index is 10.7. The van der Waals surface area contributed by atoms with Crippen LogP contribution >= 0.6 is 24.0 Å². The van der Waals surface area contributed by atoms with Crippen molar-refractivity contribution in [2.24, 2.45) is 0 Å². The first-order valence-electron chi connectivity index (χ1n) is 3.26. The number of thioether (sulfide) groups is 1. The highest BCUT2D eigenvalue weighted by Gasteiger charge is 2.19. The van der Waals surface area contributed by atoms with Gasteiger partial charge in [0.05, 0.1) is 0 Å². The molecule has 0 aromatic carbocycles. The van der Waals surface area contributed by atoms with E-state index in [1.807, 2.05) is 0 Å². The molecule has 0 bridgehead atoms. The number of hydrogen-bond acceptors (Lipinski definition) is 4. The minimum Gasteiger partial charge on any atom is -0.269 e. The molecule has 12 heavy (non-hydrogen) atoms. The first-order valence-corrected chi connectivity index (χ1v) is 6.29. The van der Waals surface area contributed by atoms with E-state index in [0.717, 1.165) is 16.1 Å². The summed E-state index contributed by atoms with van der Waals surface area (Å²) >= 11 is 5.86. The second-order valence-electron chi connectivity index (χ2n) is 2.02. The average molecular weight is 229 g/mol. The lowest BCUT2D eigenvalue weighted by Gasteiger charge is -2.18. The molecule has 0 spiro atoms. The monoisotopic (exact) mass is 229 g/mol. The molecule has 7 heteroatoms. The molecule has 0 rings (SSSR count). The zero-order valence-corrected chi connectivity index (χ0v) is 9.30. The zero-order valence-electron chi connectivity index (χ0n) is 6.85. The van der Waals surface area contributed by atoms with Crippen LogP contribution in [0.4, 0.5) is 0 Å². The Balaban J connectivity index is 4.56. The molecular formula is C5H11NO3S3. The molecule has 0 atom stereocenters. The number of thiocarbonyl (C=S) groups is 1. The van der Waals surface area contributed by atoms with E-state index in [4.69, 9.17) is 16.8 Å². The molecule has 0 unspecified atom stereocenters. The van der Waals surface area contributed by atoms with Gasteiger partial charge in [0.25, 0.3) is 0 Å². The molecule has 0 amide bonds. The zero-order chi connectivity index (χ0) is 9.78. The van der Waals surface area contributed by atoms with Gasteiger partial charge in [0.1, 0.15) is 0 Å². The van der Waals surface area contributed by atoms with Crippen molar-refractivity contribution in [2.75, 3.05) is 12.8 Å². The molecule has 0 aliphatic heterocycles. The van der Waals surface area contributed by atoms with E-state index >= 15 is 0 Å². The third kappa shape index (κ3) is 3.70. The summed E-state index contributed by atoms with van der Waals surface area (Å²) in [5.41, 5.74) is 0. The normalized spacial score (nSPS) is 11.2. The molecule has 0 saturated carbocycles.